The van der Waals surface area contributed by atoms with Gasteiger partial charge in [-0.2, -0.15) is 0 Å². The molecule has 0 bridgehead atoms. The number of carbonyl (C=O) groups excluding carboxylic acids is 1. The first-order chi connectivity index (χ1) is 13.6. The van der Waals surface area contributed by atoms with E-state index < -0.39 is 0 Å². The Kier molecular flexibility index (Phi) is 20.8. The lowest BCUT2D eigenvalue weighted by Gasteiger charge is -2.19. The van der Waals surface area contributed by atoms with Crippen LogP contribution in [0.1, 0.15) is 150 Å². The number of carbonyl (C=O) groups is 1. The van der Waals surface area contributed by atoms with Crippen LogP contribution in [0.2, 0.25) is 0 Å². The van der Waals surface area contributed by atoms with Crippen molar-refractivity contribution in [3.05, 3.63) is 0 Å². The molecule has 0 aromatic rings. The molecule has 0 N–H and O–H groups in total. The summed E-state index contributed by atoms with van der Waals surface area (Å²) in [5.41, 5.74) is 0. The summed E-state index contributed by atoms with van der Waals surface area (Å²) in [5.74, 6) is 0.615. The topological polar surface area (TPSA) is 26.3 Å². The summed E-state index contributed by atoms with van der Waals surface area (Å²) in [5, 5.41) is 0. The molecule has 0 aliphatic carbocycles. The monoisotopic (exact) mass is 396 g/mol. The zero-order valence-corrected chi connectivity index (χ0v) is 19.9. The standard InChI is InChI=1S/C26H52O2/c1-5-7-8-9-10-11-12-13-14-15-16-17-18-19-20-22-26(27)28-25(21-6-2)23-24(3)4/h24-25H,5-23H2,1-4H3. The Hall–Kier alpha value is -0.530. The van der Waals surface area contributed by atoms with Gasteiger partial charge in [0.1, 0.15) is 6.10 Å². The van der Waals surface area contributed by atoms with E-state index in [0.29, 0.717) is 12.3 Å². The van der Waals surface area contributed by atoms with Gasteiger partial charge < -0.3 is 4.74 Å². The molecule has 2 nitrogen and oxygen atoms in total. The average molecular weight is 397 g/mol. The highest BCUT2D eigenvalue weighted by Gasteiger charge is 2.14. The first-order valence-corrected chi connectivity index (χ1v) is 12.8. The molecule has 28 heavy (non-hydrogen) atoms. The van der Waals surface area contributed by atoms with Gasteiger partial charge >= 0.3 is 5.97 Å². The van der Waals surface area contributed by atoms with Crippen molar-refractivity contribution in [2.45, 2.75) is 156 Å². The fourth-order valence-corrected chi connectivity index (χ4v) is 3.96. The summed E-state index contributed by atoms with van der Waals surface area (Å²) in [6.45, 7) is 8.84. The minimum absolute atomic E-state index is 0.0220. The fourth-order valence-electron chi connectivity index (χ4n) is 3.96. The van der Waals surface area contributed by atoms with Crippen LogP contribution in [0.25, 0.3) is 0 Å². The molecule has 0 rings (SSSR count). The largest absolute Gasteiger partial charge is 0.462 e. The highest BCUT2D eigenvalue weighted by Crippen LogP contribution is 2.16. The van der Waals surface area contributed by atoms with Crippen LogP contribution in [0.4, 0.5) is 0 Å². The van der Waals surface area contributed by atoms with E-state index in [1.807, 2.05) is 0 Å². The molecule has 0 amide bonds. The van der Waals surface area contributed by atoms with Gasteiger partial charge in [-0.15, -0.1) is 0 Å². The molecular formula is C26H52O2. The molecule has 0 heterocycles. The van der Waals surface area contributed by atoms with Crippen LogP contribution in [0.15, 0.2) is 0 Å². The molecule has 0 aliphatic heterocycles. The van der Waals surface area contributed by atoms with E-state index in [2.05, 4.69) is 27.7 Å². The Morgan fingerprint density at radius 3 is 1.46 bits per heavy atom. The van der Waals surface area contributed by atoms with E-state index in [9.17, 15) is 4.79 Å². The summed E-state index contributed by atoms with van der Waals surface area (Å²) in [6, 6.07) is 0. The van der Waals surface area contributed by atoms with Crippen LogP contribution in [0, 0.1) is 5.92 Å². The van der Waals surface area contributed by atoms with Gasteiger partial charge in [-0.25, -0.2) is 0 Å². The van der Waals surface area contributed by atoms with E-state index in [-0.39, 0.29) is 12.1 Å². The Balaban J connectivity index is 3.37. The zero-order valence-electron chi connectivity index (χ0n) is 19.9. The predicted molar refractivity (Wildman–Crippen MR) is 124 cm³/mol. The van der Waals surface area contributed by atoms with E-state index in [1.165, 1.54) is 89.9 Å². The first kappa shape index (κ1) is 27.5. The number of ether oxygens (including phenoxy) is 1. The quantitative estimate of drug-likeness (QED) is 0.143. The van der Waals surface area contributed by atoms with Crippen molar-refractivity contribution >= 4 is 5.97 Å². The van der Waals surface area contributed by atoms with Gasteiger partial charge in [0.15, 0.2) is 0 Å². The van der Waals surface area contributed by atoms with Crippen molar-refractivity contribution in [2.75, 3.05) is 0 Å². The summed E-state index contributed by atoms with van der Waals surface area (Å²) >= 11 is 0. The molecule has 0 aliphatic rings. The first-order valence-electron chi connectivity index (χ1n) is 12.8. The minimum atomic E-state index is 0.0220. The van der Waals surface area contributed by atoms with Gasteiger partial charge in [0.05, 0.1) is 0 Å². The third-order valence-electron chi connectivity index (χ3n) is 5.63. The van der Waals surface area contributed by atoms with Crippen molar-refractivity contribution in [3.63, 3.8) is 0 Å². The second-order valence-corrected chi connectivity index (χ2v) is 9.23. The molecule has 0 fully saturated rings. The number of unbranched alkanes of at least 4 members (excludes halogenated alkanes) is 14. The maximum atomic E-state index is 12.0. The van der Waals surface area contributed by atoms with Crippen LogP contribution < -0.4 is 0 Å². The van der Waals surface area contributed by atoms with Crippen molar-refractivity contribution in [3.8, 4) is 0 Å². The van der Waals surface area contributed by atoms with E-state index >= 15 is 0 Å². The average Bonchev–Trinajstić information content (AvgIpc) is 2.64. The van der Waals surface area contributed by atoms with Crippen LogP contribution in [0.3, 0.4) is 0 Å². The molecule has 0 spiro atoms. The molecule has 0 saturated heterocycles. The summed E-state index contributed by atoms with van der Waals surface area (Å²) in [7, 11) is 0. The molecule has 168 valence electrons. The minimum Gasteiger partial charge on any atom is -0.462 e. The second kappa shape index (κ2) is 21.2. The van der Waals surface area contributed by atoms with Crippen molar-refractivity contribution in [2.24, 2.45) is 5.92 Å². The van der Waals surface area contributed by atoms with Crippen LogP contribution >= 0.6 is 0 Å². The van der Waals surface area contributed by atoms with Gasteiger partial charge in [0, 0.05) is 6.42 Å². The van der Waals surface area contributed by atoms with Crippen LogP contribution in [-0.4, -0.2) is 12.1 Å². The van der Waals surface area contributed by atoms with Gasteiger partial charge in [-0.3, -0.25) is 4.79 Å². The molecule has 1 atom stereocenters. The van der Waals surface area contributed by atoms with Gasteiger partial charge in [-0.05, 0) is 25.2 Å². The molecule has 0 aromatic heterocycles. The smallest absolute Gasteiger partial charge is 0.306 e. The van der Waals surface area contributed by atoms with Gasteiger partial charge in [0.25, 0.3) is 0 Å². The summed E-state index contributed by atoms with van der Waals surface area (Å²) in [6.07, 6.45) is 24.2. The molecule has 1 unspecified atom stereocenters. The maximum absolute atomic E-state index is 12.0. The number of rotatable bonds is 21. The molecule has 2 heteroatoms. The molecule has 0 aromatic carbocycles. The van der Waals surface area contributed by atoms with E-state index in [1.54, 1.807) is 0 Å². The van der Waals surface area contributed by atoms with Gasteiger partial charge in [-0.1, -0.05) is 124 Å². The Bertz CT molecular complexity index is 324. The lowest BCUT2D eigenvalue weighted by molar-refractivity contribution is -0.150. The second-order valence-electron chi connectivity index (χ2n) is 9.23. The third-order valence-corrected chi connectivity index (χ3v) is 5.63. The molecular weight excluding hydrogens is 344 g/mol. The lowest BCUT2D eigenvalue weighted by Crippen LogP contribution is -2.20. The Labute approximate surface area is 177 Å². The Morgan fingerprint density at radius 1 is 0.643 bits per heavy atom. The Morgan fingerprint density at radius 2 is 1.07 bits per heavy atom. The van der Waals surface area contributed by atoms with Crippen LogP contribution in [0.5, 0.6) is 0 Å². The third kappa shape index (κ3) is 20.2. The lowest BCUT2D eigenvalue weighted by atomic mass is 10.0. The summed E-state index contributed by atoms with van der Waals surface area (Å²) < 4.78 is 5.68. The zero-order chi connectivity index (χ0) is 20.9. The van der Waals surface area contributed by atoms with E-state index in [4.69, 9.17) is 4.74 Å². The maximum Gasteiger partial charge on any atom is 0.306 e. The number of esters is 1. The van der Waals surface area contributed by atoms with Crippen molar-refractivity contribution in [1.29, 1.82) is 0 Å². The summed E-state index contributed by atoms with van der Waals surface area (Å²) in [4.78, 5) is 12.0. The van der Waals surface area contributed by atoms with Crippen molar-refractivity contribution in [1.82, 2.24) is 0 Å². The fraction of sp³-hybridized carbons (Fsp3) is 0.962. The predicted octanol–water partition coefficient (Wildman–Crippen LogP) is 9.01. The highest BCUT2D eigenvalue weighted by atomic mass is 16.5. The molecule has 0 saturated carbocycles. The number of hydrogen-bond acceptors (Lipinski definition) is 2. The van der Waals surface area contributed by atoms with Crippen LogP contribution in [-0.2, 0) is 9.53 Å². The van der Waals surface area contributed by atoms with Crippen molar-refractivity contribution < 1.29 is 9.53 Å². The van der Waals surface area contributed by atoms with E-state index in [0.717, 1.165) is 25.7 Å². The highest BCUT2D eigenvalue weighted by molar-refractivity contribution is 5.69. The number of hydrogen-bond donors (Lipinski definition) is 0. The molecule has 0 radical (unpaired) electrons. The normalized spacial score (nSPS) is 12.5. The van der Waals surface area contributed by atoms with Gasteiger partial charge in [0.2, 0.25) is 0 Å². The SMILES string of the molecule is CCCCCCCCCCCCCCCCCC(=O)OC(CCC)CC(C)C.